The first-order valence-electron chi connectivity index (χ1n) is 7.19. The molecule has 1 heterocycles. The Hall–Kier alpha value is -1.75. The predicted molar refractivity (Wildman–Crippen MR) is 82.6 cm³/mol. The molecule has 0 amide bonds. The smallest absolute Gasteiger partial charge is 0.155 e. The van der Waals surface area contributed by atoms with E-state index in [-0.39, 0.29) is 6.10 Å². The molecule has 0 radical (unpaired) electrons. The van der Waals surface area contributed by atoms with Crippen LogP contribution in [0.25, 0.3) is 0 Å². The van der Waals surface area contributed by atoms with Gasteiger partial charge in [-0.05, 0) is 31.9 Å². The van der Waals surface area contributed by atoms with Crippen molar-refractivity contribution in [2.45, 2.75) is 32.8 Å². The van der Waals surface area contributed by atoms with Crippen LogP contribution in [0.5, 0.6) is 5.75 Å². The lowest BCUT2D eigenvalue weighted by atomic mass is 10.1. The second-order valence-electron chi connectivity index (χ2n) is 4.71. The standard InChI is InChI=1S/C15H23N3O2/c1-3-13-15(17-8-5-9-19-4-2)18-12-7-6-11(16)10-14(12)20-13/h6-7,10,13H,3-5,8-9,16H2,1-2H3,(H,17,18). The van der Waals surface area contributed by atoms with Crippen molar-refractivity contribution < 1.29 is 9.47 Å². The molecule has 110 valence electrons. The number of ether oxygens (including phenoxy) is 2. The Balaban J connectivity index is 2.02. The molecule has 1 atom stereocenters. The lowest BCUT2D eigenvalue weighted by Crippen LogP contribution is -2.37. The molecule has 0 fully saturated rings. The summed E-state index contributed by atoms with van der Waals surface area (Å²) in [5.74, 6) is 1.69. The number of rotatable bonds is 6. The van der Waals surface area contributed by atoms with Gasteiger partial charge in [0.15, 0.2) is 6.10 Å². The monoisotopic (exact) mass is 277 g/mol. The summed E-state index contributed by atoms with van der Waals surface area (Å²) in [6, 6.07) is 5.62. The van der Waals surface area contributed by atoms with Crippen molar-refractivity contribution >= 4 is 17.2 Å². The van der Waals surface area contributed by atoms with Crippen LogP contribution in [-0.4, -0.2) is 31.7 Å². The van der Waals surface area contributed by atoms with Gasteiger partial charge in [0.2, 0.25) is 0 Å². The van der Waals surface area contributed by atoms with Crippen molar-refractivity contribution in [1.82, 2.24) is 0 Å². The van der Waals surface area contributed by atoms with Crippen molar-refractivity contribution in [1.29, 1.82) is 0 Å². The third-order valence-electron chi connectivity index (χ3n) is 3.15. The SMILES string of the molecule is CCOCCCN=C1Nc2ccc(N)cc2OC1CC. The normalized spacial score (nSPS) is 19.3. The number of hydrogen-bond donors (Lipinski definition) is 2. The molecule has 1 aromatic rings. The number of benzene rings is 1. The summed E-state index contributed by atoms with van der Waals surface area (Å²) < 4.78 is 11.3. The van der Waals surface area contributed by atoms with E-state index in [0.717, 1.165) is 49.9 Å². The summed E-state index contributed by atoms with van der Waals surface area (Å²) in [6.45, 7) is 6.33. The van der Waals surface area contributed by atoms with Crippen molar-refractivity contribution in [3.05, 3.63) is 18.2 Å². The van der Waals surface area contributed by atoms with Crippen LogP contribution in [0, 0.1) is 0 Å². The maximum atomic E-state index is 5.95. The Labute approximate surface area is 120 Å². The third-order valence-corrected chi connectivity index (χ3v) is 3.15. The van der Waals surface area contributed by atoms with Gasteiger partial charge in [0.05, 0.1) is 5.69 Å². The van der Waals surface area contributed by atoms with E-state index in [4.69, 9.17) is 15.2 Å². The van der Waals surface area contributed by atoms with Crippen LogP contribution in [0.2, 0.25) is 0 Å². The lowest BCUT2D eigenvalue weighted by Gasteiger charge is -2.28. The molecule has 20 heavy (non-hydrogen) atoms. The van der Waals surface area contributed by atoms with Crippen molar-refractivity contribution in [2.75, 3.05) is 30.8 Å². The molecular formula is C15H23N3O2. The number of aliphatic imine (C=N–C) groups is 1. The molecule has 1 aliphatic rings. The number of nitrogens with zero attached hydrogens (tertiary/aromatic N) is 1. The number of fused-ring (bicyclic) bond motifs is 1. The summed E-state index contributed by atoms with van der Waals surface area (Å²) in [5, 5.41) is 3.34. The Morgan fingerprint density at radius 2 is 2.25 bits per heavy atom. The molecular weight excluding hydrogens is 254 g/mol. The zero-order valence-corrected chi connectivity index (χ0v) is 12.2. The Kier molecular flexibility index (Phi) is 5.24. The molecule has 1 aliphatic heterocycles. The summed E-state index contributed by atoms with van der Waals surface area (Å²) >= 11 is 0. The molecule has 0 saturated heterocycles. The molecule has 0 aromatic heterocycles. The van der Waals surface area contributed by atoms with E-state index in [2.05, 4.69) is 17.2 Å². The minimum atomic E-state index is -0.0311. The van der Waals surface area contributed by atoms with Crippen LogP contribution < -0.4 is 15.8 Å². The number of nitrogens with two attached hydrogens (primary N) is 1. The highest BCUT2D eigenvalue weighted by Crippen LogP contribution is 2.32. The van der Waals surface area contributed by atoms with Gasteiger partial charge in [0.25, 0.3) is 0 Å². The highest BCUT2D eigenvalue weighted by Gasteiger charge is 2.24. The molecule has 1 aromatic carbocycles. The second-order valence-corrected chi connectivity index (χ2v) is 4.71. The first-order chi connectivity index (χ1) is 9.74. The molecule has 1 unspecified atom stereocenters. The molecule has 0 spiro atoms. The fourth-order valence-electron chi connectivity index (χ4n) is 2.10. The van der Waals surface area contributed by atoms with E-state index < -0.39 is 0 Å². The highest BCUT2D eigenvalue weighted by molar-refractivity contribution is 6.02. The minimum absolute atomic E-state index is 0.0311. The summed E-state index contributed by atoms with van der Waals surface area (Å²) in [7, 11) is 0. The van der Waals surface area contributed by atoms with E-state index >= 15 is 0 Å². The minimum Gasteiger partial charge on any atom is -0.480 e. The number of hydrogen-bond acceptors (Lipinski definition) is 4. The maximum absolute atomic E-state index is 5.95. The van der Waals surface area contributed by atoms with E-state index in [0.29, 0.717) is 5.69 Å². The van der Waals surface area contributed by atoms with Crippen LogP contribution in [0.4, 0.5) is 11.4 Å². The number of nitrogen functional groups attached to an aromatic ring is 1. The topological polar surface area (TPSA) is 68.9 Å². The van der Waals surface area contributed by atoms with Crippen LogP contribution in [0.3, 0.4) is 0 Å². The van der Waals surface area contributed by atoms with Crippen LogP contribution in [0.1, 0.15) is 26.7 Å². The van der Waals surface area contributed by atoms with Crippen molar-refractivity contribution in [3.8, 4) is 5.75 Å². The zero-order valence-electron chi connectivity index (χ0n) is 12.2. The second kappa shape index (κ2) is 7.14. The van der Waals surface area contributed by atoms with Gasteiger partial charge in [-0.2, -0.15) is 0 Å². The fourth-order valence-corrected chi connectivity index (χ4v) is 2.10. The van der Waals surface area contributed by atoms with Gasteiger partial charge in [0, 0.05) is 31.5 Å². The lowest BCUT2D eigenvalue weighted by molar-refractivity contribution is 0.146. The van der Waals surface area contributed by atoms with Gasteiger partial charge in [-0.1, -0.05) is 6.92 Å². The summed E-state index contributed by atoms with van der Waals surface area (Å²) in [6.07, 6.45) is 1.76. The highest BCUT2D eigenvalue weighted by atomic mass is 16.5. The van der Waals surface area contributed by atoms with Crippen LogP contribution >= 0.6 is 0 Å². The number of nitrogens with one attached hydrogen (secondary N) is 1. The Morgan fingerprint density at radius 3 is 3.00 bits per heavy atom. The Morgan fingerprint density at radius 1 is 1.40 bits per heavy atom. The zero-order chi connectivity index (χ0) is 14.4. The van der Waals surface area contributed by atoms with Crippen molar-refractivity contribution in [2.24, 2.45) is 4.99 Å². The summed E-state index contributed by atoms with van der Waals surface area (Å²) in [5.41, 5.74) is 7.41. The quantitative estimate of drug-likeness (QED) is 0.619. The molecule has 5 heteroatoms. The molecule has 2 rings (SSSR count). The largest absolute Gasteiger partial charge is 0.480 e. The van der Waals surface area contributed by atoms with Gasteiger partial charge in [0.1, 0.15) is 11.6 Å². The first-order valence-corrected chi connectivity index (χ1v) is 7.19. The number of amidine groups is 1. The maximum Gasteiger partial charge on any atom is 0.155 e. The van der Waals surface area contributed by atoms with Gasteiger partial charge < -0.3 is 20.5 Å². The molecule has 3 N–H and O–H groups in total. The fraction of sp³-hybridized carbons (Fsp3) is 0.533. The van der Waals surface area contributed by atoms with Gasteiger partial charge in [-0.3, -0.25) is 4.99 Å². The van der Waals surface area contributed by atoms with E-state index in [1.165, 1.54) is 0 Å². The Bertz CT molecular complexity index is 474. The molecule has 0 bridgehead atoms. The molecule has 5 nitrogen and oxygen atoms in total. The third kappa shape index (κ3) is 3.63. The van der Waals surface area contributed by atoms with Gasteiger partial charge in [-0.25, -0.2) is 0 Å². The average molecular weight is 277 g/mol. The van der Waals surface area contributed by atoms with Gasteiger partial charge >= 0.3 is 0 Å². The van der Waals surface area contributed by atoms with E-state index in [1.807, 2.05) is 25.1 Å². The number of anilines is 2. The molecule has 0 aliphatic carbocycles. The predicted octanol–water partition coefficient (Wildman–Crippen LogP) is 2.68. The van der Waals surface area contributed by atoms with E-state index in [1.54, 1.807) is 0 Å². The van der Waals surface area contributed by atoms with Crippen molar-refractivity contribution in [3.63, 3.8) is 0 Å². The van der Waals surface area contributed by atoms with Crippen LogP contribution in [-0.2, 0) is 4.74 Å². The first kappa shape index (κ1) is 14.7. The van der Waals surface area contributed by atoms with Gasteiger partial charge in [-0.15, -0.1) is 0 Å². The molecule has 0 saturated carbocycles. The van der Waals surface area contributed by atoms with E-state index in [9.17, 15) is 0 Å². The van der Waals surface area contributed by atoms with Crippen LogP contribution in [0.15, 0.2) is 23.2 Å². The summed E-state index contributed by atoms with van der Waals surface area (Å²) in [4.78, 5) is 4.60. The average Bonchev–Trinajstić information content (AvgIpc) is 2.46.